The first-order valence-electron chi connectivity index (χ1n) is 8.66. The molecule has 2 N–H and O–H groups in total. The molecule has 1 aromatic heterocycles. The summed E-state index contributed by atoms with van der Waals surface area (Å²) in [5.74, 6) is 0. The summed E-state index contributed by atoms with van der Waals surface area (Å²) in [5.41, 5.74) is 3.58. The van der Waals surface area contributed by atoms with Crippen LogP contribution in [-0.4, -0.2) is 18.1 Å². The maximum Gasteiger partial charge on any atom is 0.0544 e. The van der Waals surface area contributed by atoms with Crippen molar-refractivity contribution in [3.05, 3.63) is 72.1 Å². The fourth-order valence-electron chi connectivity index (χ4n) is 2.82. The first-order valence-corrected chi connectivity index (χ1v) is 8.66. The number of fused-ring (bicyclic) bond motifs is 1. The third-order valence-electron chi connectivity index (χ3n) is 4.14. The average Bonchev–Trinajstić information content (AvgIpc) is 2.61. The average molecular weight is 319 g/mol. The monoisotopic (exact) mass is 319 g/mol. The van der Waals surface area contributed by atoms with Crippen LogP contribution in [0.1, 0.15) is 24.1 Å². The lowest BCUT2D eigenvalue weighted by Gasteiger charge is -2.08. The Morgan fingerprint density at radius 3 is 2.58 bits per heavy atom. The van der Waals surface area contributed by atoms with Crippen molar-refractivity contribution in [1.82, 2.24) is 10.3 Å². The molecule has 3 rings (SSSR count). The molecule has 0 unspecified atom stereocenters. The lowest BCUT2D eigenvalue weighted by Crippen LogP contribution is -2.16. The zero-order chi connectivity index (χ0) is 16.6. The smallest absolute Gasteiger partial charge is 0.0544 e. The van der Waals surface area contributed by atoms with Gasteiger partial charge in [-0.25, -0.2) is 0 Å². The summed E-state index contributed by atoms with van der Waals surface area (Å²) in [6.45, 7) is 4.97. The van der Waals surface area contributed by atoms with Gasteiger partial charge in [-0.2, -0.15) is 0 Å². The topological polar surface area (TPSA) is 37.0 Å². The van der Waals surface area contributed by atoms with Crippen LogP contribution in [0.15, 0.2) is 60.8 Å². The minimum absolute atomic E-state index is 0.847. The molecule has 0 aliphatic carbocycles. The van der Waals surface area contributed by atoms with Crippen molar-refractivity contribution in [2.45, 2.75) is 26.3 Å². The number of aryl methyl sites for hydroxylation is 1. The van der Waals surface area contributed by atoms with Crippen molar-refractivity contribution < 1.29 is 0 Å². The Morgan fingerprint density at radius 2 is 1.71 bits per heavy atom. The predicted molar refractivity (Wildman–Crippen MR) is 102 cm³/mol. The highest BCUT2D eigenvalue weighted by Gasteiger charge is 1.97. The molecule has 0 atom stereocenters. The molecule has 0 spiro atoms. The number of nitrogens with one attached hydrogen (secondary N) is 2. The van der Waals surface area contributed by atoms with Crippen LogP contribution in [0.4, 0.5) is 5.69 Å². The molecule has 3 nitrogen and oxygen atoms in total. The first kappa shape index (κ1) is 16.5. The molecule has 3 aromatic rings. The highest BCUT2D eigenvalue weighted by molar-refractivity contribution is 5.85. The molecule has 0 saturated heterocycles. The zero-order valence-corrected chi connectivity index (χ0v) is 14.3. The van der Waals surface area contributed by atoms with E-state index in [4.69, 9.17) is 0 Å². The molecule has 0 amide bonds. The third-order valence-corrected chi connectivity index (χ3v) is 4.14. The van der Waals surface area contributed by atoms with Crippen molar-refractivity contribution >= 4 is 16.5 Å². The third kappa shape index (κ3) is 4.80. The molecule has 0 aliphatic heterocycles. The second kappa shape index (κ2) is 8.46. The van der Waals surface area contributed by atoms with Gasteiger partial charge in [0.15, 0.2) is 0 Å². The Bertz CT molecular complexity index is 783. The minimum atomic E-state index is 0.847. The molecule has 24 heavy (non-hydrogen) atoms. The highest BCUT2D eigenvalue weighted by Crippen LogP contribution is 2.18. The van der Waals surface area contributed by atoms with Crippen LogP contribution in [0.25, 0.3) is 10.8 Å². The molecule has 0 radical (unpaired) electrons. The van der Waals surface area contributed by atoms with E-state index < -0.39 is 0 Å². The van der Waals surface area contributed by atoms with E-state index in [0.717, 1.165) is 38.2 Å². The number of pyridine rings is 1. The largest absolute Gasteiger partial charge is 0.385 e. The summed E-state index contributed by atoms with van der Waals surface area (Å²) in [6, 6.07) is 19.2. The van der Waals surface area contributed by atoms with Gasteiger partial charge in [0, 0.05) is 25.0 Å². The minimum Gasteiger partial charge on any atom is -0.385 e. The highest BCUT2D eigenvalue weighted by atomic mass is 14.9. The van der Waals surface area contributed by atoms with Gasteiger partial charge in [0.2, 0.25) is 0 Å². The Morgan fingerprint density at radius 1 is 0.875 bits per heavy atom. The van der Waals surface area contributed by atoms with Crippen LogP contribution in [-0.2, 0) is 6.54 Å². The fraction of sp³-hybridized carbons (Fsp3) is 0.286. The number of nitrogens with zero attached hydrogens (tertiary/aromatic N) is 1. The van der Waals surface area contributed by atoms with Crippen molar-refractivity contribution in [2.75, 3.05) is 18.4 Å². The standard InChI is InChI=1S/C21H25N3/c1-17-10-13-24-21(14-17)16-22-11-4-5-12-23-20-9-8-18-6-2-3-7-19(18)15-20/h2-3,6-10,13-15,22-23H,4-5,11-12,16H2,1H3. The van der Waals surface area contributed by atoms with E-state index >= 15 is 0 Å². The number of unbranched alkanes of at least 4 members (excludes halogenated alkanes) is 1. The van der Waals surface area contributed by atoms with Crippen LogP contribution in [0.5, 0.6) is 0 Å². The molecule has 3 heteroatoms. The van der Waals surface area contributed by atoms with Gasteiger partial charge in [-0.3, -0.25) is 4.98 Å². The fourth-order valence-corrected chi connectivity index (χ4v) is 2.82. The van der Waals surface area contributed by atoms with Crippen molar-refractivity contribution in [3.8, 4) is 0 Å². The molecule has 2 aromatic carbocycles. The Hall–Kier alpha value is -2.39. The lowest BCUT2D eigenvalue weighted by atomic mass is 10.1. The van der Waals surface area contributed by atoms with Gasteiger partial charge in [0.05, 0.1) is 5.69 Å². The number of anilines is 1. The predicted octanol–water partition coefficient (Wildman–Crippen LogP) is 4.53. The van der Waals surface area contributed by atoms with E-state index in [1.165, 1.54) is 22.0 Å². The quantitative estimate of drug-likeness (QED) is 0.599. The second-order valence-electron chi connectivity index (χ2n) is 6.20. The van der Waals surface area contributed by atoms with Gasteiger partial charge in [-0.05, 0) is 66.9 Å². The number of hydrogen-bond donors (Lipinski definition) is 2. The van der Waals surface area contributed by atoms with Gasteiger partial charge in [-0.1, -0.05) is 30.3 Å². The van der Waals surface area contributed by atoms with E-state index in [1.54, 1.807) is 0 Å². The molecule has 0 bridgehead atoms. The van der Waals surface area contributed by atoms with E-state index in [-0.39, 0.29) is 0 Å². The first-order chi connectivity index (χ1) is 11.8. The molecule has 0 fully saturated rings. The van der Waals surface area contributed by atoms with Crippen LogP contribution >= 0.6 is 0 Å². The zero-order valence-electron chi connectivity index (χ0n) is 14.3. The summed E-state index contributed by atoms with van der Waals surface area (Å²) in [6.07, 6.45) is 4.19. The lowest BCUT2D eigenvalue weighted by molar-refractivity contribution is 0.625. The summed E-state index contributed by atoms with van der Waals surface area (Å²) in [7, 11) is 0. The molecule has 0 aliphatic rings. The van der Waals surface area contributed by atoms with E-state index in [2.05, 4.69) is 71.1 Å². The van der Waals surface area contributed by atoms with Crippen LogP contribution in [0, 0.1) is 6.92 Å². The maximum absolute atomic E-state index is 4.36. The SMILES string of the molecule is Cc1ccnc(CNCCCCNc2ccc3ccccc3c2)c1. The van der Waals surface area contributed by atoms with Gasteiger partial charge >= 0.3 is 0 Å². The molecular formula is C21H25N3. The number of aromatic nitrogens is 1. The maximum atomic E-state index is 4.36. The summed E-state index contributed by atoms with van der Waals surface area (Å²) < 4.78 is 0. The molecule has 1 heterocycles. The van der Waals surface area contributed by atoms with Crippen LogP contribution < -0.4 is 10.6 Å². The van der Waals surface area contributed by atoms with Crippen molar-refractivity contribution in [3.63, 3.8) is 0 Å². The van der Waals surface area contributed by atoms with E-state index in [9.17, 15) is 0 Å². The Balaban J connectivity index is 1.33. The second-order valence-corrected chi connectivity index (χ2v) is 6.20. The van der Waals surface area contributed by atoms with Crippen LogP contribution in [0.2, 0.25) is 0 Å². The number of rotatable bonds is 8. The van der Waals surface area contributed by atoms with Gasteiger partial charge in [0.1, 0.15) is 0 Å². The summed E-state index contributed by atoms with van der Waals surface area (Å²) in [4.78, 5) is 4.36. The van der Waals surface area contributed by atoms with Gasteiger partial charge in [0.25, 0.3) is 0 Å². The van der Waals surface area contributed by atoms with E-state index in [0.29, 0.717) is 0 Å². The van der Waals surface area contributed by atoms with Crippen molar-refractivity contribution in [2.24, 2.45) is 0 Å². The summed E-state index contributed by atoms with van der Waals surface area (Å²) in [5, 5.41) is 9.55. The van der Waals surface area contributed by atoms with Gasteiger partial charge < -0.3 is 10.6 Å². The molecule has 0 saturated carbocycles. The van der Waals surface area contributed by atoms with Crippen LogP contribution in [0.3, 0.4) is 0 Å². The van der Waals surface area contributed by atoms with E-state index in [1.807, 2.05) is 12.3 Å². The Kier molecular flexibility index (Phi) is 5.80. The molecule has 124 valence electrons. The normalized spacial score (nSPS) is 10.9. The number of benzene rings is 2. The summed E-state index contributed by atoms with van der Waals surface area (Å²) >= 11 is 0. The van der Waals surface area contributed by atoms with Crippen molar-refractivity contribution in [1.29, 1.82) is 0 Å². The Labute approximate surface area is 144 Å². The number of hydrogen-bond acceptors (Lipinski definition) is 3. The molecular weight excluding hydrogens is 294 g/mol. The van der Waals surface area contributed by atoms with Gasteiger partial charge in [-0.15, -0.1) is 0 Å².